The van der Waals surface area contributed by atoms with Crippen molar-refractivity contribution in [3.8, 4) is 0 Å². The average molecular weight is 370 g/mol. The Labute approximate surface area is 164 Å². The molecule has 0 unspecified atom stereocenters. The molecular weight excluding hydrogens is 334 g/mol. The third kappa shape index (κ3) is 6.97. The minimum Gasteiger partial charge on any atom is -0.274 e. The maximum atomic E-state index is 12.6. The molecule has 0 aromatic heterocycles. The molecule has 148 valence electrons. The second-order valence-electron chi connectivity index (χ2n) is 7.75. The second kappa shape index (κ2) is 11.7. The van der Waals surface area contributed by atoms with E-state index in [1.54, 1.807) is 0 Å². The molecule has 27 heavy (non-hydrogen) atoms. The molecule has 1 aromatic carbocycles. The van der Waals surface area contributed by atoms with Crippen molar-refractivity contribution in [2.24, 2.45) is 0 Å². The van der Waals surface area contributed by atoms with Gasteiger partial charge in [-0.2, -0.15) is 0 Å². The summed E-state index contributed by atoms with van der Waals surface area (Å²) in [6.07, 6.45) is 16.2. The summed E-state index contributed by atoms with van der Waals surface area (Å²) < 4.78 is 0. The smallest absolute Gasteiger partial charge is 0.261 e. The number of anilines is 1. The van der Waals surface area contributed by atoms with Crippen LogP contribution in [0.5, 0.6) is 0 Å². The van der Waals surface area contributed by atoms with E-state index in [0.717, 1.165) is 18.4 Å². The van der Waals surface area contributed by atoms with Crippen LogP contribution in [0.1, 0.15) is 89.5 Å². The Morgan fingerprint density at radius 3 is 2.00 bits per heavy atom. The number of imide groups is 1. The van der Waals surface area contributed by atoms with Crippen LogP contribution in [0.4, 0.5) is 5.69 Å². The highest BCUT2D eigenvalue weighted by molar-refractivity contribution is 6.28. The number of carbonyl (C=O) groups is 2. The van der Waals surface area contributed by atoms with Gasteiger partial charge in [0.15, 0.2) is 0 Å². The van der Waals surface area contributed by atoms with Gasteiger partial charge in [-0.3, -0.25) is 9.59 Å². The molecule has 1 aliphatic rings. The van der Waals surface area contributed by atoms with Crippen LogP contribution in [-0.4, -0.2) is 11.8 Å². The third-order valence-electron chi connectivity index (χ3n) is 5.31. The van der Waals surface area contributed by atoms with Crippen LogP contribution in [-0.2, 0) is 9.59 Å². The van der Waals surface area contributed by atoms with Gasteiger partial charge in [0.2, 0.25) is 5.91 Å². The minimum absolute atomic E-state index is 0.113. The van der Waals surface area contributed by atoms with E-state index >= 15 is 0 Å². The molecule has 0 atom stereocenters. The largest absolute Gasteiger partial charge is 0.274 e. The van der Waals surface area contributed by atoms with Crippen LogP contribution < -0.4 is 4.90 Å². The van der Waals surface area contributed by atoms with Gasteiger partial charge in [-0.25, -0.2) is 4.90 Å². The molecule has 0 radical (unpaired) electrons. The number of nitrogens with zero attached hydrogens (tertiary/aromatic N) is 1. The summed E-state index contributed by atoms with van der Waals surface area (Å²) in [5.41, 5.74) is 2.46. The summed E-state index contributed by atoms with van der Waals surface area (Å²) >= 11 is 0. The van der Waals surface area contributed by atoms with Crippen molar-refractivity contribution in [1.29, 1.82) is 0 Å². The molecule has 0 saturated carbocycles. The monoisotopic (exact) mass is 369 g/mol. The molecule has 2 rings (SSSR count). The molecule has 2 amide bonds. The Bertz CT molecular complexity index is 630. The number of hydrogen-bond donors (Lipinski definition) is 0. The Hall–Kier alpha value is -1.90. The first-order valence-electron chi connectivity index (χ1n) is 10.8. The predicted octanol–water partition coefficient (Wildman–Crippen LogP) is 6.50. The molecule has 0 aliphatic carbocycles. The summed E-state index contributed by atoms with van der Waals surface area (Å²) in [6.45, 7) is 4.25. The molecule has 0 N–H and O–H groups in total. The maximum Gasteiger partial charge on any atom is 0.261 e. The fourth-order valence-electron chi connectivity index (χ4n) is 3.60. The molecule has 1 aliphatic heterocycles. The zero-order valence-corrected chi connectivity index (χ0v) is 17.1. The molecule has 0 bridgehead atoms. The molecule has 1 aromatic rings. The van der Waals surface area contributed by atoms with Gasteiger partial charge in [0.25, 0.3) is 5.91 Å². The van der Waals surface area contributed by atoms with E-state index in [9.17, 15) is 9.59 Å². The lowest BCUT2D eigenvalue weighted by molar-refractivity contribution is -0.120. The topological polar surface area (TPSA) is 37.4 Å². The van der Waals surface area contributed by atoms with Crippen LogP contribution in [0.2, 0.25) is 0 Å². The average Bonchev–Trinajstić information content (AvgIpc) is 2.94. The first kappa shape index (κ1) is 21.4. The van der Waals surface area contributed by atoms with Gasteiger partial charge in [0.05, 0.1) is 12.1 Å². The fraction of sp³-hybridized carbons (Fsp3) is 0.583. The molecular formula is C24H35NO2. The van der Waals surface area contributed by atoms with Gasteiger partial charge in [-0.15, -0.1) is 0 Å². The van der Waals surface area contributed by atoms with Crippen molar-refractivity contribution < 1.29 is 9.59 Å². The van der Waals surface area contributed by atoms with Gasteiger partial charge in [-0.1, -0.05) is 88.5 Å². The summed E-state index contributed by atoms with van der Waals surface area (Å²) in [5, 5.41) is 0. The SMILES string of the molecule is CCCCCCCCCCCC/C=C1\CC(=O)N(c2ccc(C)cc2)C1=O. The number of hydrogen-bond acceptors (Lipinski definition) is 2. The zero-order valence-electron chi connectivity index (χ0n) is 17.1. The summed E-state index contributed by atoms with van der Waals surface area (Å²) in [4.78, 5) is 26.1. The first-order chi connectivity index (χ1) is 13.1. The number of rotatable bonds is 12. The van der Waals surface area contributed by atoms with E-state index in [0.29, 0.717) is 11.3 Å². The Morgan fingerprint density at radius 2 is 1.41 bits per heavy atom. The van der Waals surface area contributed by atoms with E-state index < -0.39 is 0 Å². The Kier molecular flexibility index (Phi) is 9.30. The van der Waals surface area contributed by atoms with Crippen LogP contribution >= 0.6 is 0 Å². The first-order valence-corrected chi connectivity index (χ1v) is 10.8. The number of allylic oxidation sites excluding steroid dienone is 1. The lowest BCUT2D eigenvalue weighted by atomic mass is 10.0. The van der Waals surface area contributed by atoms with Gasteiger partial charge < -0.3 is 0 Å². The highest BCUT2D eigenvalue weighted by atomic mass is 16.2. The van der Waals surface area contributed by atoms with Crippen molar-refractivity contribution in [3.05, 3.63) is 41.5 Å². The molecule has 1 fully saturated rings. The van der Waals surface area contributed by atoms with Gasteiger partial charge >= 0.3 is 0 Å². The molecule has 3 nitrogen and oxygen atoms in total. The lowest BCUT2D eigenvalue weighted by Crippen LogP contribution is -2.28. The minimum atomic E-state index is -0.143. The van der Waals surface area contributed by atoms with Gasteiger partial charge in [0.1, 0.15) is 0 Å². The molecule has 1 heterocycles. The molecule has 3 heteroatoms. The van der Waals surface area contributed by atoms with Gasteiger partial charge in [0, 0.05) is 5.57 Å². The van der Waals surface area contributed by atoms with Crippen molar-refractivity contribution in [2.45, 2.75) is 90.9 Å². The van der Waals surface area contributed by atoms with E-state index in [1.807, 2.05) is 37.3 Å². The van der Waals surface area contributed by atoms with Crippen molar-refractivity contribution in [2.75, 3.05) is 4.90 Å². The van der Waals surface area contributed by atoms with Gasteiger partial charge in [-0.05, 0) is 31.9 Å². The van der Waals surface area contributed by atoms with Crippen LogP contribution in [0.15, 0.2) is 35.9 Å². The number of benzene rings is 1. The van der Waals surface area contributed by atoms with E-state index in [1.165, 1.54) is 62.7 Å². The van der Waals surface area contributed by atoms with E-state index in [-0.39, 0.29) is 18.2 Å². The van der Waals surface area contributed by atoms with Crippen LogP contribution in [0.25, 0.3) is 0 Å². The van der Waals surface area contributed by atoms with Crippen LogP contribution in [0.3, 0.4) is 0 Å². The lowest BCUT2D eigenvalue weighted by Gasteiger charge is -2.13. The Morgan fingerprint density at radius 1 is 0.852 bits per heavy atom. The molecule has 1 saturated heterocycles. The van der Waals surface area contributed by atoms with Crippen LogP contribution in [0, 0.1) is 6.92 Å². The predicted molar refractivity (Wildman–Crippen MR) is 113 cm³/mol. The quantitative estimate of drug-likeness (QED) is 0.240. The fourth-order valence-corrected chi connectivity index (χ4v) is 3.60. The number of amides is 2. The summed E-state index contributed by atoms with van der Waals surface area (Å²) in [7, 11) is 0. The second-order valence-corrected chi connectivity index (χ2v) is 7.75. The number of aryl methyl sites for hydroxylation is 1. The number of carbonyl (C=O) groups excluding carboxylic acids is 2. The third-order valence-corrected chi connectivity index (χ3v) is 5.31. The summed E-state index contributed by atoms with van der Waals surface area (Å²) in [5.74, 6) is -0.255. The highest BCUT2D eigenvalue weighted by Gasteiger charge is 2.34. The molecule has 0 spiro atoms. The number of unbranched alkanes of at least 4 members (excludes halogenated alkanes) is 10. The van der Waals surface area contributed by atoms with Crippen molar-refractivity contribution in [3.63, 3.8) is 0 Å². The standard InChI is InChI=1S/C24H35NO2/c1-3-4-5-6-7-8-9-10-11-12-13-14-21-19-23(26)25(24(21)27)22-17-15-20(2)16-18-22/h14-18H,3-13,19H2,1-2H3/b21-14+. The van der Waals surface area contributed by atoms with Crippen molar-refractivity contribution in [1.82, 2.24) is 0 Å². The maximum absolute atomic E-state index is 12.6. The highest BCUT2D eigenvalue weighted by Crippen LogP contribution is 2.26. The zero-order chi connectivity index (χ0) is 19.5. The normalized spacial score (nSPS) is 15.9. The van der Waals surface area contributed by atoms with E-state index in [2.05, 4.69) is 6.92 Å². The Balaban J connectivity index is 1.65. The van der Waals surface area contributed by atoms with Crippen molar-refractivity contribution >= 4 is 17.5 Å². The van der Waals surface area contributed by atoms with E-state index in [4.69, 9.17) is 0 Å². The summed E-state index contributed by atoms with van der Waals surface area (Å²) in [6, 6.07) is 7.55.